The molecule has 0 spiro atoms. The lowest BCUT2D eigenvalue weighted by Gasteiger charge is -2.28. The van der Waals surface area contributed by atoms with Crippen LogP contribution >= 0.6 is 11.3 Å². The van der Waals surface area contributed by atoms with Gasteiger partial charge >= 0.3 is 12.2 Å². The van der Waals surface area contributed by atoms with E-state index in [1.54, 1.807) is 27.5 Å². The van der Waals surface area contributed by atoms with Crippen molar-refractivity contribution >= 4 is 27.4 Å². The minimum atomic E-state index is -4.33. The number of likely N-dealkylation sites (N-methyl/N-ethyl adjacent to an activating group) is 1. The molecule has 0 saturated heterocycles. The van der Waals surface area contributed by atoms with Crippen molar-refractivity contribution in [2.24, 2.45) is 0 Å². The number of aliphatic hydroxyl groups excluding tert-OH is 1. The topological polar surface area (TPSA) is 102 Å². The fourth-order valence-electron chi connectivity index (χ4n) is 5.28. The van der Waals surface area contributed by atoms with Crippen molar-refractivity contribution in [3.63, 3.8) is 0 Å². The fraction of sp³-hybridized carbons (Fsp3) is 0.414. The van der Waals surface area contributed by atoms with E-state index in [0.29, 0.717) is 47.1 Å². The van der Waals surface area contributed by atoms with E-state index in [9.17, 15) is 18.3 Å². The number of anilines is 1. The number of hydrogen-bond acceptors (Lipinski definition) is 10. The van der Waals surface area contributed by atoms with Gasteiger partial charge in [-0.15, -0.1) is 11.3 Å². The third-order valence-corrected chi connectivity index (χ3v) is 8.43. The smallest absolute Gasteiger partial charge is 0.393 e. The maximum Gasteiger partial charge on any atom is 0.393 e. The van der Waals surface area contributed by atoms with Crippen molar-refractivity contribution in [1.82, 2.24) is 20.3 Å². The number of nitrogens with zero attached hydrogens (tertiary/aromatic N) is 4. The molecule has 0 bridgehead atoms. The Bertz CT molecular complexity index is 1530. The number of pyridine rings is 1. The molecule has 0 amide bonds. The molecule has 1 aliphatic rings. The Kier molecular flexibility index (Phi) is 8.71. The highest BCUT2D eigenvalue weighted by molar-refractivity contribution is 7.18. The lowest BCUT2D eigenvalue weighted by Crippen LogP contribution is -2.38. The maximum absolute atomic E-state index is 13.0. The molecule has 13 heteroatoms. The van der Waals surface area contributed by atoms with E-state index in [4.69, 9.17) is 14.2 Å². The summed E-state index contributed by atoms with van der Waals surface area (Å²) in [7, 11) is 6.32. The molecule has 9 nitrogen and oxygen atoms in total. The number of thiophene rings is 1. The Morgan fingerprint density at radius 2 is 1.79 bits per heavy atom. The van der Waals surface area contributed by atoms with Gasteiger partial charge in [-0.1, -0.05) is 24.3 Å². The third-order valence-electron chi connectivity index (χ3n) is 7.40. The molecule has 1 fully saturated rings. The summed E-state index contributed by atoms with van der Waals surface area (Å²) >= 11 is 0.970. The average molecular weight is 604 g/mol. The van der Waals surface area contributed by atoms with Gasteiger partial charge in [-0.25, -0.2) is 4.98 Å². The molecule has 3 aromatic heterocycles. The van der Waals surface area contributed by atoms with E-state index < -0.39 is 18.7 Å². The summed E-state index contributed by atoms with van der Waals surface area (Å²) < 4.78 is 54.9. The Morgan fingerprint density at radius 1 is 1.02 bits per heavy atom. The third kappa shape index (κ3) is 6.53. The van der Waals surface area contributed by atoms with Gasteiger partial charge in [0.2, 0.25) is 0 Å². The van der Waals surface area contributed by atoms with Crippen LogP contribution in [0.5, 0.6) is 17.6 Å². The number of methoxy groups -OCH3 is 3. The van der Waals surface area contributed by atoms with E-state index in [1.165, 1.54) is 13.2 Å². The number of nitrogens with one attached hydrogen (secondary N) is 1. The first kappa shape index (κ1) is 29.8. The van der Waals surface area contributed by atoms with Crippen molar-refractivity contribution in [3.8, 4) is 28.8 Å². The molecule has 3 unspecified atom stereocenters. The van der Waals surface area contributed by atoms with Crippen LogP contribution in [0.3, 0.4) is 0 Å². The minimum Gasteiger partial charge on any atom is -0.491 e. The number of halogens is 3. The van der Waals surface area contributed by atoms with Gasteiger partial charge in [0.15, 0.2) is 5.75 Å². The van der Waals surface area contributed by atoms with E-state index in [2.05, 4.69) is 20.3 Å². The quantitative estimate of drug-likeness (QED) is 0.259. The Labute approximate surface area is 245 Å². The molecule has 3 atom stereocenters. The molecular formula is C29H32F3N5O4S. The number of hydrogen-bond donors (Lipinski definition) is 2. The largest absolute Gasteiger partial charge is 0.491 e. The summed E-state index contributed by atoms with van der Waals surface area (Å²) in [5, 5.41) is 15.0. The number of benzene rings is 1. The molecule has 0 aliphatic heterocycles. The van der Waals surface area contributed by atoms with Gasteiger partial charge < -0.3 is 29.5 Å². The standard InChI is InChI=1S/C29H32F3N5O4S/c1-37(25-21-12-20(13-29(30,31)32)42-27(21)36-28(35-25)41-4)22-10-19(11-23(22)38)33-14-16-5-7-17(8-6-16)18-9-24(39-2)26(40-3)34-15-18/h5-9,12,15,19,22-23,33,38H,10-11,13-14H2,1-4H3. The molecule has 42 heavy (non-hydrogen) atoms. The maximum atomic E-state index is 13.0. The molecule has 3 heterocycles. The van der Waals surface area contributed by atoms with E-state index in [-0.39, 0.29) is 23.0 Å². The van der Waals surface area contributed by atoms with E-state index in [0.717, 1.165) is 28.0 Å². The molecule has 1 aliphatic carbocycles. The van der Waals surface area contributed by atoms with Crippen LogP contribution in [-0.2, 0) is 13.0 Å². The van der Waals surface area contributed by atoms with Crippen LogP contribution < -0.4 is 24.4 Å². The second-order valence-corrected chi connectivity index (χ2v) is 11.3. The molecule has 2 N–H and O–H groups in total. The SMILES string of the molecule is COc1nc(N(C)C2CC(NCc3ccc(-c4cnc(OC)c(OC)c4)cc3)CC2O)c2cc(CC(F)(F)F)sc2n1. The van der Waals surface area contributed by atoms with Crippen molar-refractivity contribution in [2.75, 3.05) is 33.3 Å². The molecule has 1 aromatic carbocycles. The summed E-state index contributed by atoms with van der Waals surface area (Å²) in [6.07, 6.45) is -3.13. The van der Waals surface area contributed by atoms with Gasteiger partial charge in [-0.2, -0.15) is 23.1 Å². The van der Waals surface area contributed by atoms with Gasteiger partial charge in [0.05, 0.1) is 45.3 Å². The van der Waals surface area contributed by atoms with Crippen LogP contribution in [0.4, 0.5) is 19.0 Å². The van der Waals surface area contributed by atoms with Gasteiger partial charge in [0.25, 0.3) is 5.88 Å². The lowest BCUT2D eigenvalue weighted by molar-refractivity contribution is -0.126. The highest BCUT2D eigenvalue weighted by Gasteiger charge is 2.37. The number of aromatic nitrogens is 3. The van der Waals surface area contributed by atoms with Crippen molar-refractivity contribution in [1.29, 1.82) is 0 Å². The van der Waals surface area contributed by atoms with Crippen molar-refractivity contribution < 1.29 is 32.5 Å². The number of fused-ring (bicyclic) bond motifs is 1. The van der Waals surface area contributed by atoms with Gasteiger partial charge in [0, 0.05) is 36.3 Å². The van der Waals surface area contributed by atoms with Crippen molar-refractivity contribution in [3.05, 3.63) is 53.0 Å². The number of alkyl halides is 3. The Hall–Kier alpha value is -3.68. The van der Waals surface area contributed by atoms with Crippen LogP contribution in [-0.4, -0.2) is 72.8 Å². The van der Waals surface area contributed by atoms with Gasteiger partial charge in [0.1, 0.15) is 10.6 Å². The summed E-state index contributed by atoms with van der Waals surface area (Å²) in [5.41, 5.74) is 2.98. The first-order chi connectivity index (χ1) is 20.1. The predicted molar refractivity (Wildman–Crippen MR) is 155 cm³/mol. The highest BCUT2D eigenvalue weighted by Crippen LogP contribution is 2.37. The van der Waals surface area contributed by atoms with Crippen LogP contribution in [0.25, 0.3) is 21.3 Å². The number of rotatable bonds is 10. The normalized spacial score (nSPS) is 18.8. The van der Waals surface area contributed by atoms with Crippen LogP contribution in [0.15, 0.2) is 42.6 Å². The summed E-state index contributed by atoms with van der Waals surface area (Å²) in [5.74, 6) is 1.42. The summed E-state index contributed by atoms with van der Waals surface area (Å²) in [6, 6.07) is 11.3. The fourth-order valence-corrected chi connectivity index (χ4v) is 6.33. The first-order valence-corrected chi connectivity index (χ1v) is 14.1. The monoisotopic (exact) mass is 603 g/mol. The average Bonchev–Trinajstić information content (AvgIpc) is 3.55. The van der Waals surface area contributed by atoms with Crippen LogP contribution in [0, 0.1) is 0 Å². The Morgan fingerprint density at radius 3 is 2.45 bits per heavy atom. The second kappa shape index (κ2) is 12.3. The zero-order chi connectivity index (χ0) is 30.0. The summed E-state index contributed by atoms with van der Waals surface area (Å²) in [4.78, 5) is 15.4. The van der Waals surface area contributed by atoms with Gasteiger partial charge in [-0.3, -0.25) is 0 Å². The summed E-state index contributed by atoms with van der Waals surface area (Å²) in [6.45, 7) is 0.606. The molecule has 4 aromatic rings. The lowest BCUT2D eigenvalue weighted by atomic mass is 10.1. The predicted octanol–water partition coefficient (Wildman–Crippen LogP) is 5.00. The molecule has 0 radical (unpaired) electrons. The molecular weight excluding hydrogens is 571 g/mol. The molecule has 1 saturated carbocycles. The van der Waals surface area contributed by atoms with Gasteiger partial charge in [-0.05, 0) is 36.1 Å². The van der Waals surface area contributed by atoms with Crippen molar-refractivity contribution in [2.45, 2.75) is 50.2 Å². The molecule has 5 rings (SSSR count). The number of aliphatic hydroxyl groups is 1. The minimum absolute atomic E-state index is 0.0321. The highest BCUT2D eigenvalue weighted by atomic mass is 32.1. The van der Waals surface area contributed by atoms with E-state index >= 15 is 0 Å². The zero-order valence-electron chi connectivity index (χ0n) is 23.6. The number of ether oxygens (including phenoxy) is 3. The van der Waals surface area contributed by atoms with E-state index in [1.807, 2.05) is 35.2 Å². The second-order valence-electron chi connectivity index (χ2n) is 10.2. The first-order valence-electron chi connectivity index (χ1n) is 13.3. The van der Waals surface area contributed by atoms with Crippen LogP contribution in [0.2, 0.25) is 0 Å². The Balaban J connectivity index is 1.25. The zero-order valence-corrected chi connectivity index (χ0v) is 24.4. The van der Waals surface area contributed by atoms with Crippen LogP contribution in [0.1, 0.15) is 23.3 Å². The molecule has 224 valence electrons.